The van der Waals surface area contributed by atoms with E-state index in [9.17, 15) is 5.11 Å². The summed E-state index contributed by atoms with van der Waals surface area (Å²) in [5, 5.41) is 14.1. The van der Waals surface area contributed by atoms with E-state index in [1.807, 2.05) is 25.1 Å². The SMILES string of the molecule is COc1ccc(C)cc1C(O)CNC(C1CC1)C1CC1. The Morgan fingerprint density at radius 2 is 1.90 bits per heavy atom. The predicted octanol–water partition coefficient (Wildman–Crippen LogP) is 2.82. The highest BCUT2D eigenvalue weighted by atomic mass is 16.5. The van der Waals surface area contributed by atoms with Crippen molar-refractivity contribution in [3.05, 3.63) is 29.3 Å². The van der Waals surface area contributed by atoms with Crippen molar-refractivity contribution in [1.29, 1.82) is 0 Å². The van der Waals surface area contributed by atoms with Crippen LogP contribution in [0.25, 0.3) is 0 Å². The Balaban J connectivity index is 1.63. The van der Waals surface area contributed by atoms with E-state index >= 15 is 0 Å². The van der Waals surface area contributed by atoms with Crippen molar-refractivity contribution in [3.63, 3.8) is 0 Å². The van der Waals surface area contributed by atoms with Gasteiger partial charge in [0.25, 0.3) is 0 Å². The molecule has 3 rings (SSSR count). The van der Waals surface area contributed by atoms with Gasteiger partial charge in [-0.15, -0.1) is 0 Å². The van der Waals surface area contributed by atoms with Crippen LogP contribution in [0.5, 0.6) is 5.75 Å². The number of ether oxygens (including phenoxy) is 1. The third-order valence-electron chi connectivity index (χ3n) is 4.55. The smallest absolute Gasteiger partial charge is 0.124 e. The lowest BCUT2D eigenvalue weighted by Gasteiger charge is -2.21. The van der Waals surface area contributed by atoms with E-state index < -0.39 is 6.10 Å². The number of nitrogens with one attached hydrogen (secondary N) is 1. The molecule has 0 bridgehead atoms. The fourth-order valence-electron chi connectivity index (χ4n) is 3.10. The van der Waals surface area contributed by atoms with Crippen LogP contribution in [0.3, 0.4) is 0 Å². The maximum Gasteiger partial charge on any atom is 0.124 e. The molecule has 0 aliphatic heterocycles. The number of hydrogen-bond acceptors (Lipinski definition) is 3. The van der Waals surface area contributed by atoms with Gasteiger partial charge in [0.2, 0.25) is 0 Å². The first-order chi connectivity index (χ1) is 9.69. The van der Waals surface area contributed by atoms with Gasteiger partial charge in [-0.25, -0.2) is 0 Å². The Kier molecular flexibility index (Phi) is 3.99. The number of benzene rings is 1. The van der Waals surface area contributed by atoms with E-state index in [1.165, 1.54) is 25.7 Å². The molecule has 0 amide bonds. The van der Waals surface area contributed by atoms with Crippen LogP contribution < -0.4 is 10.1 Å². The van der Waals surface area contributed by atoms with Crippen LogP contribution in [0.1, 0.15) is 42.9 Å². The van der Waals surface area contributed by atoms with Gasteiger partial charge in [-0.2, -0.15) is 0 Å². The van der Waals surface area contributed by atoms with E-state index in [2.05, 4.69) is 5.32 Å². The van der Waals surface area contributed by atoms with Crippen molar-refractivity contribution in [2.24, 2.45) is 11.8 Å². The molecule has 0 spiro atoms. The van der Waals surface area contributed by atoms with Gasteiger partial charge in [-0.1, -0.05) is 11.6 Å². The molecule has 2 saturated carbocycles. The molecule has 0 radical (unpaired) electrons. The molecule has 20 heavy (non-hydrogen) atoms. The first kappa shape index (κ1) is 13.9. The molecule has 110 valence electrons. The van der Waals surface area contributed by atoms with Crippen LogP contribution in [0.2, 0.25) is 0 Å². The summed E-state index contributed by atoms with van der Waals surface area (Å²) in [5.41, 5.74) is 2.05. The second kappa shape index (κ2) is 5.74. The Labute approximate surface area is 121 Å². The second-order valence-corrected chi connectivity index (χ2v) is 6.37. The van der Waals surface area contributed by atoms with Crippen LogP contribution in [0, 0.1) is 18.8 Å². The Hall–Kier alpha value is -1.06. The number of rotatable bonds is 7. The Morgan fingerprint density at radius 1 is 1.25 bits per heavy atom. The molecular formula is C17H25NO2. The topological polar surface area (TPSA) is 41.5 Å². The average Bonchev–Trinajstić information content (AvgIpc) is 3.31. The summed E-state index contributed by atoms with van der Waals surface area (Å²) < 4.78 is 5.36. The molecule has 2 aliphatic rings. The largest absolute Gasteiger partial charge is 0.496 e. The van der Waals surface area contributed by atoms with Gasteiger partial charge in [-0.05, 0) is 56.6 Å². The minimum absolute atomic E-state index is 0.496. The highest BCUT2D eigenvalue weighted by Gasteiger charge is 2.41. The quantitative estimate of drug-likeness (QED) is 0.804. The van der Waals surface area contributed by atoms with Gasteiger partial charge in [-0.3, -0.25) is 0 Å². The summed E-state index contributed by atoms with van der Waals surface area (Å²) in [6.07, 6.45) is 4.94. The van der Waals surface area contributed by atoms with Crippen LogP contribution in [0.15, 0.2) is 18.2 Å². The summed E-state index contributed by atoms with van der Waals surface area (Å²) in [7, 11) is 1.66. The number of aliphatic hydroxyl groups is 1. The molecule has 0 heterocycles. The summed E-state index contributed by atoms with van der Waals surface area (Å²) in [6, 6.07) is 6.60. The van der Waals surface area contributed by atoms with Crippen molar-refractivity contribution >= 4 is 0 Å². The Morgan fingerprint density at radius 3 is 2.45 bits per heavy atom. The average molecular weight is 275 g/mol. The van der Waals surface area contributed by atoms with E-state index in [-0.39, 0.29) is 0 Å². The minimum Gasteiger partial charge on any atom is -0.496 e. The standard InChI is InChI=1S/C17H25NO2/c1-11-3-8-16(20-2)14(9-11)15(19)10-18-17(12-4-5-12)13-6-7-13/h3,8-9,12-13,15,17-19H,4-7,10H2,1-2H3. The van der Waals surface area contributed by atoms with Crippen molar-refractivity contribution in [3.8, 4) is 5.75 Å². The molecule has 2 aliphatic carbocycles. The monoisotopic (exact) mass is 275 g/mol. The summed E-state index contributed by atoms with van der Waals surface area (Å²) in [4.78, 5) is 0. The molecule has 1 unspecified atom stereocenters. The number of methoxy groups -OCH3 is 1. The van der Waals surface area contributed by atoms with Gasteiger partial charge in [0, 0.05) is 18.2 Å². The first-order valence-corrected chi connectivity index (χ1v) is 7.75. The molecule has 1 atom stereocenters. The molecule has 3 heteroatoms. The Bertz CT molecular complexity index is 454. The molecule has 1 aromatic rings. The van der Waals surface area contributed by atoms with Crippen molar-refractivity contribution < 1.29 is 9.84 Å². The number of hydrogen-bond donors (Lipinski definition) is 2. The van der Waals surface area contributed by atoms with E-state index in [4.69, 9.17) is 4.74 Å². The maximum absolute atomic E-state index is 10.5. The lowest BCUT2D eigenvalue weighted by Crippen LogP contribution is -2.36. The van der Waals surface area contributed by atoms with Crippen LogP contribution in [-0.4, -0.2) is 24.8 Å². The lowest BCUT2D eigenvalue weighted by atomic mass is 10.0. The predicted molar refractivity (Wildman–Crippen MR) is 79.9 cm³/mol. The van der Waals surface area contributed by atoms with E-state index in [0.717, 1.165) is 28.7 Å². The molecule has 1 aromatic carbocycles. The molecule has 2 fully saturated rings. The van der Waals surface area contributed by atoms with Crippen LogP contribution >= 0.6 is 0 Å². The van der Waals surface area contributed by atoms with E-state index in [1.54, 1.807) is 7.11 Å². The normalized spacial score (nSPS) is 20.2. The lowest BCUT2D eigenvalue weighted by molar-refractivity contribution is 0.162. The second-order valence-electron chi connectivity index (χ2n) is 6.37. The summed E-state index contributed by atoms with van der Waals surface area (Å²) in [5.74, 6) is 2.49. The molecule has 2 N–H and O–H groups in total. The zero-order valence-corrected chi connectivity index (χ0v) is 12.4. The van der Waals surface area contributed by atoms with Gasteiger partial charge < -0.3 is 15.2 Å². The summed E-state index contributed by atoms with van der Waals surface area (Å²) >= 11 is 0. The molecule has 0 saturated heterocycles. The van der Waals surface area contributed by atoms with Crippen molar-refractivity contribution in [2.45, 2.75) is 44.8 Å². The van der Waals surface area contributed by atoms with Gasteiger partial charge in [0.15, 0.2) is 0 Å². The zero-order chi connectivity index (χ0) is 14.1. The van der Waals surface area contributed by atoms with Crippen molar-refractivity contribution in [2.75, 3.05) is 13.7 Å². The van der Waals surface area contributed by atoms with E-state index in [0.29, 0.717) is 12.6 Å². The van der Waals surface area contributed by atoms with Crippen LogP contribution in [-0.2, 0) is 0 Å². The third kappa shape index (κ3) is 3.15. The maximum atomic E-state index is 10.5. The zero-order valence-electron chi connectivity index (χ0n) is 12.4. The minimum atomic E-state index is -0.496. The number of aryl methyl sites for hydroxylation is 1. The number of aliphatic hydroxyl groups excluding tert-OH is 1. The summed E-state index contributed by atoms with van der Waals surface area (Å²) in [6.45, 7) is 2.66. The van der Waals surface area contributed by atoms with Gasteiger partial charge in [0.05, 0.1) is 13.2 Å². The fourth-order valence-corrected chi connectivity index (χ4v) is 3.10. The van der Waals surface area contributed by atoms with Gasteiger partial charge >= 0.3 is 0 Å². The highest BCUT2D eigenvalue weighted by molar-refractivity contribution is 5.38. The highest BCUT2D eigenvalue weighted by Crippen LogP contribution is 2.44. The van der Waals surface area contributed by atoms with Crippen LogP contribution in [0.4, 0.5) is 0 Å². The fraction of sp³-hybridized carbons (Fsp3) is 0.647. The molecule has 0 aromatic heterocycles. The molecular weight excluding hydrogens is 250 g/mol. The van der Waals surface area contributed by atoms with Gasteiger partial charge in [0.1, 0.15) is 5.75 Å². The van der Waals surface area contributed by atoms with Crippen molar-refractivity contribution in [1.82, 2.24) is 5.32 Å². The molecule has 3 nitrogen and oxygen atoms in total. The first-order valence-electron chi connectivity index (χ1n) is 7.75. The third-order valence-corrected chi connectivity index (χ3v) is 4.55.